The molecule has 1 heterocycles. The van der Waals surface area contributed by atoms with Crippen LogP contribution in [0.25, 0.3) is 0 Å². The summed E-state index contributed by atoms with van der Waals surface area (Å²) in [4.78, 5) is 15.9. The topological polar surface area (TPSA) is 88.2 Å². The van der Waals surface area contributed by atoms with Gasteiger partial charge in [0.15, 0.2) is 0 Å². The predicted molar refractivity (Wildman–Crippen MR) is 72.4 cm³/mol. The second-order valence-corrected chi connectivity index (χ2v) is 4.41. The maximum atomic E-state index is 11.9. The maximum absolute atomic E-state index is 11.9. The van der Waals surface area contributed by atoms with Gasteiger partial charge >= 0.3 is 0 Å². The zero-order valence-corrected chi connectivity index (χ0v) is 10.8. The molecule has 6 heteroatoms. The van der Waals surface area contributed by atoms with Crippen molar-refractivity contribution in [1.82, 2.24) is 4.98 Å². The number of nitrogens with one attached hydrogen (secondary N) is 1. The van der Waals surface area contributed by atoms with Crippen molar-refractivity contribution < 1.29 is 9.90 Å². The molecule has 0 spiro atoms. The molecule has 0 radical (unpaired) electrons. The molecule has 1 aromatic heterocycles. The van der Waals surface area contributed by atoms with Crippen molar-refractivity contribution in [2.75, 3.05) is 11.1 Å². The lowest BCUT2D eigenvalue weighted by Crippen LogP contribution is -2.12. The van der Waals surface area contributed by atoms with Gasteiger partial charge in [0, 0.05) is 5.56 Å². The minimum Gasteiger partial charge on any atom is -0.506 e. The Bertz CT molecular complexity index is 584. The molecule has 2 rings (SSSR count). The summed E-state index contributed by atoms with van der Waals surface area (Å²) in [6, 6.07) is 7.76. The molecule has 1 amide bonds. The van der Waals surface area contributed by atoms with Gasteiger partial charge in [0.05, 0.1) is 17.6 Å². The summed E-state index contributed by atoms with van der Waals surface area (Å²) in [5.74, 6) is -0.453. The fourth-order valence-electron chi connectivity index (χ4n) is 1.34. The molecule has 4 N–H and O–H groups in total. The summed E-state index contributed by atoms with van der Waals surface area (Å²) in [6.07, 6.45) is 1.53. The number of benzene rings is 1. The number of nitrogens with zero attached hydrogens (tertiary/aromatic N) is 1. The minimum absolute atomic E-state index is 0.114. The van der Waals surface area contributed by atoms with Crippen LogP contribution < -0.4 is 11.1 Å². The number of pyridine rings is 1. The number of nitrogen functional groups attached to an aromatic ring is 1. The Morgan fingerprint density at radius 2 is 2.11 bits per heavy atom. The number of phenolic OH excluding ortho intramolecular Hbond substituents is 1. The third kappa shape index (κ3) is 2.78. The number of halogens is 1. The number of aromatic nitrogens is 1. The summed E-state index contributed by atoms with van der Waals surface area (Å²) in [7, 11) is 0. The van der Waals surface area contributed by atoms with Crippen LogP contribution in [0.1, 0.15) is 10.4 Å². The van der Waals surface area contributed by atoms with Crippen molar-refractivity contribution in [2.45, 2.75) is 0 Å². The van der Waals surface area contributed by atoms with Gasteiger partial charge in [-0.3, -0.25) is 4.79 Å². The monoisotopic (exact) mass is 307 g/mol. The van der Waals surface area contributed by atoms with Gasteiger partial charge in [-0.15, -0.1) is 0 Å². The van der Waals surface area contributed by atoms with Crippen LogP contribution in [0, 0.1) is 0 Å². The lowest BCUT2D eigenvalue weighted by atomic mass is 10.2. The smallest absolute Gasteiger partial charge is 0.255 e. The Morgan fingerprint density at radius 1 is 1.33 bits per heavy atom. The number of carbonyl (C=O) groups is 1. The van der Waals surface area contributed by atoms with Crippen molar-refractivity contribution in [3.8, 4) is 5.75 Å². The van der Waals surface area contributed by atoms with E-state index in [9.17, 15) is 9.90 Å². The van der Waals surface area contributed by atoms with Crippen molar-refractivity contribution in [3.05, 3.63) is 46.7 Å². The number of rotatable bonds is 2. The van der Waals surface area contributed by atoms with E-state index in [1.807, 2.05) is 0 Å². The summed E-state index contributed by atoms with van der Waals surface area (Å²) < 4.78 is 0.686. The third-order valence-electron chi connectivity index (χ3n) is 2.28. The first-order chi connectivity index (χ1) is 8.56. The quantitative estimate of drug-likeness (QED) is 0.451. The summed E-state index contributed by atoms with van der Waals surface area (Å²) >= 11 is 3.20. The molecule has 92 valence electrons. The molecule has 18 heavy (non-hydrogen) atoms. The molecule has 1 aromatic carbocycles. The largest absolute Gasteiger partial charge is 0.506 e. The van der Waals surface area contributed by atoms with Crippen LogP contribution >= 0.6 is 15.9 Å². The highest BCUT2D eigenvalue weighted by atomic mass is 79.9. The van der Waals surface area contributed by atoms with Crippen molar-refractivity contribution in [1.29, 1.82) is 0 Å². The van der Waals surface area contributed by atoms with Gasteiger partial charge in [0.2, 0.25) is 0 Å². The molecule has 0 atom stereocenters. The number of amides is 1. The van der Waals surface area contributed by atoms with Crippen LogP contribution in [0.5, 0.6) is 5.75 Å². The van der Waals surface area contributed by atoms with Gasteiger partial charge in [-0.2, -0.15) is 0 Å². The fourth-order valence-corrected chi connectivity index (χ4v) is 1.57. The Labute approximate surface area is 112 Å². The van der Waals surface area contributed by atoms with E-state index in [0.29, 0.717) is 15.9 Å². The van der Waals surface area contributed by atoms with Gasteiger partial charge in [0.1, 0.15) is 10.4 Å². The van der Waals surface area contributed by atoms with Gasteiger partial charge < -0.3 is 16.2 Å². The van der Waals surface area contributed by atoms with Crippen LogP contribution in [0.4, 0.5) is 11.4 Å². The lowest BCUT2D eigenvalue weighted by Gasteiger charge is -2.06. The van der Waals surface area contributed by atoms with Crippen LogP contribution in [0.15, 0.2) is 41.1 Å². The SMILES string of the molecule is Nc1ccc(C(=O)Nc2ccc(Br)nc2)cc1O. The molecule has 0 fully saturated rings. The minimum atomic E-state index is -0.338. The van der Waals surface area contributed by atoms with Crippen molar-refractivity contribution >= 4 is 33.2 Å². The summed E-state index contributed by atoms with van der Waals surface area (Å²) in [5.41, 5.74) is 6.59. The Morgan fingerprint density at radius 3 is 2.72 bits per heavy atom. The molecular weight excluding hydrogens is 298 g/mol. The second-order valence-electron chi connectivity index (χ2n) is 3.60. The van der Waals surface area contributed by atoms with E-state index >= 15 is 0 Å². The highest BCUT2D eigenvalue weighted by Gasteiger charge is 2.08. The van der Waals surface area contributed by atoms with Crippen LogP contribution in [0.3, 0.4) is 0 Å². The third-order valence-corrected chi connectivity index (χ3v) is 2.75. The molecule has 5 nitrogen and oxygen atoms in total. The van der Waals surface area contributed by atoms with Gasteiger partial charge in [0.25, 0.3) is 5.91 Å². The van der Waals surface area contributed by atoms with E-state index < -0.39 is 0 Å². The standard InChI is InChI=1S/C12H10BrN3O2/c13-11-4-2-8(6-15-11)16-12(18)7-1-3-9(14)10(17)5-7/h1-6,17H,14H2,(H,16,18). The molecule has 0 saturated carbocycles. The molecule has 0 saturated heterocycles. The first-order valence-corrected chi connectivity index (χ1v) is 5.87. The first-order valence-electron chi connectivity index (χ1n) is 5.07. The molecule has 2 aromatic rings. The van der Waals surface area contributed by atoms with Gasteiger partial charge in [-0.1, -0.05) is 0 Å². The van der Waals surface area contributed by atoms with Crippen LogP contribution in [-0.4, -0.2) is 16.0 Å². The predicted octanol–water partition coefficient (Wildman–Crippen LogP) is 2.38. The van der Waals surface area contributed by atoms with Crippen molar-refractivity contribution in [2.24, 2.45) is 0 Å². The molecule has 0 aliphatic heterocycles. The summed E-state index contributed by atoms with van der Waals surface area (Å²) in [6.45, 7) is 0. The highest BCUT2D eigenvalue weighted by molar-refractivity contribution is 9.10. The average molecular weight is 308 g/mol. The second kappa shape index (κ2) is 5.05. The molecule has 0 aliphatic carbocycles. The zero-order chi connectivity index (χ0) is 13.1. The number of anilines is 2. The van der Waals surface area contributed by atoms with E-state index in [2.05, 4.69) is 26.2 Å². The number of carbonyl (C=O) groups excluding carboxylic acids is 1. The van der Waals surface area contributed by atoms with E-state index in [0.717, 1.165) is 0 Å². The normalized spacial score (nSPS) is 10.1. The molecule has 0 unspecified atom stereocenters. The number of phenols is 1. The number of hydrogen-bond acceptors (Lipinski definition) is 4. The fraction of sp³-hybridized carbons (Fsp3) is 0. The number of aromatic hydroxyl groups is 1. The van der Waals surface area contributed by atoms with E-state index in [-0.39, 0.29) is 17.3 Å². The number of nitrogens with two attached hydrogens (primary N) is 1. The van der Waals surface area contributed by atoms with E-state index in [1.165, 1.54) is 24.4 Å². The van der Waals surface area contributed by atoms with E-state index in [1.54, 1.807) is 12.1 Å². The lowest BCUT2D eigenvalue weighted by molar-refractivity contribution is 0.102. The average Bonchev–Trinajstić information content (AvgIpc) is 2.35. The first kappa shape index (κ1) is 12.4. The summed E-state index contributed by atoms with van der Waals surface area (Å²) in [5, 5.41) is 12.1. The van der Waals surface area contributed by atoms with Crippen LogP contribution in [0.2, 0.25) is 0 Å². The van der Waals surface area contributed by atoms with E-state index in [4.69, 9.17) is 5.73 Å². The number of hydrogen-bond donors (Lipinski definition) is 3. The van der Waals surface area contributed by atoms with Crippen molar-refractivity contribution in [3.63, 3.8) is 0 Å². The highest BCUT2D eigenvalue weighted by Crippen LogP contribution is 2.21. The molecule has 0 aliphatic rings. The van der Waals surface area contributed by atoms with Crippen LogP contribution in [-0.2, 0) is 0 Å². The van der Waals surface area contributed by atoms with Gasteiger partial charge in [-0.05, 0) is 46.3 Å². The Kier molecular flexibility index (Phi) is 3.47. The molecule has 0 bridgehead atoms. The Hall–Kier alpha value is -2.08. The van der Waals surface area contributed by atoms with Gasteiger partial charge in [-0.25, -0.2) is 4.98 Å². The maximum Gasteiger partial charge on any atom is 0.255 e. The molecular formula is C12H10BrN3O2. The Balaban J connectivity index is 2.16. The zero-order valence-electron chi connectivity index (χ0n) is 9.22.